The predicted octanol–water partition coefficient (Wildman–Crippen LogP) is 6.77. The van der Waals surface area contributed by atoms with Crippen molar-refractivity contribution in [1.29, 1.82) is 0 Å². The average molecular weight is 371 g/mol. The van der Waals surface area contributed by atoms with Crippen LogP contribution in [-0.4, -0.2) is 0 Å². The van der Waals surface area contributed by atoms with Crippen LogP contribution in [0.25, 0.3) is 0 Å². The van der Waals surface area contributed by atoms with E-state index in [9.17, 15) is 0 Å². The van der Waals surface area contributed by atoms with Gasteiger partial charge in [0.1, 0.15) is 0 Å². The smallest absolute Gasteiger partial charge is 0.0832 e. The Labute approximate surface area is 137 Å². The maximum absolute atomic E-state index is 6.14. The first-order valence-corrected chi connectivity index (χ1v) is 7.49. The Kier molecular flexibility index (Phi) is 6.00. The van der Waals surface area contributed by atoms with Crippen LogP contribution in [0.1, 0.15) is 25.3 Å². The molecular formula is C10H9Cl5S2. The second kappa shape index (κ2) is 6.21. The van der Waals surface area contributed by atoms with E-state index in [1.807, 2.05) is 6.92 Å². The first-order chi connectivity index (χ1) is 7.74. The molecule has 1 aromatic rings. The second-order valence-electron chi connectivity index (χ2n) is 3.51. The summed E-state index contributed by atoms with van der Waals surface area (Å²) in [6.45, 7) is 2.00. The first-order valence-electron chi connectivity index (χ1n) is 4.70. The van der Waals surface area contributed by atoms with Crippen molar-refractivity contribution >= 4 is 83.3 Å². The first kappa shape index (κ1) is 16.4. The zero-order valence-corrected chi connectivity index (χ0v) is 14.3. The molecule has 0 aliphatic carbocycles. The highest BCUT2D eigenvalue weighted by molar-refractivity contribution is 7.99. The van der Waals surface area contributed by atoms with Gasteiger partial charge in [-0.25, -0.2) is 0 Å². The van der Waals surface area contributed by atoms with E-state index in [4.69, 9.17) is 58.0 Å². The molecule has 0 saturated carbocycles. The summed E-state index contributed by atoms with van der Waals surface area (Å²) >= 11 is 39.1. The van der Waals surface area contributed by atoms with Crippen LogP contribution in [0.15, 0.2) is 0 Å². The number of thiol groups is 2. The molecule has 0 unspecified atom stereocenters. The Morgan fingerprint density at radius 1 is 0.824 bits per heavy atom. The highest BCUT2D eigenvalue weighted by atomic mass is 35.5. The summed E-state index contributed by atoms with van der Waals surface area (Å²) in [4.78, 5) is 0. The lowest BCUT2D eigenvalue weighted by atomic mass is 10.1. The molecule has 0 radical (unpaired) electrons. The fraction of sp³-hybridized carbons (Fsp3) is 0.400. The largest absolute Gasteiger partial charge is 0.157 e. The van der Waals surface area contributed by atoms with Crippen molar-refractivity contribution in [3.8, 4) is 0 Å². The van der Waals surface area contributed by atoms with Crippen LogP contribution in [0.5, 0.6) is 0 Å². The van der Waals surface area contributed by atoms with Crippen molar-refractivity contribution < 1.29 is 0 Å². The van der Waals surface area contributed by atoms with Crippen LogP contribution in [0.4, 0.5) is 0 Å². The normalized spacial score (nSPS) is 12.0. The summed E-state index contributed by atoms with van der Waals surface area (Å²) in [6.07, 6.45) is 1.52. The Morgan fingerprint density at radius 2 is 1.18 bits per heavy atom. The SMILES string of the molecule is CCCC(S)(S)c1c(Cl)c(Cl)c(Cl)c(Cl)c1Cl. The van der Waals surface area contributed by atoms with Gasteiger partial charge in [0.15, 0.2) is 0 Å². The molecule has 0 saturated heterocycles. The highest BCUT2D eigenvalue weighted by Gasteiger charge is 2.31. The summed E-state index contributed by atoms with van der Waals surface area (Å²) in [5.74, 6) is 0. The molecule has 96 valence electrons. The third-order valence-electron chi connectivity index (χ3n) is 2.21. The molecule has 0 nitrogen and oxygen atoms in total. The van der Waals surface area contributed by atoms with Gasteiger partial charge in [-0.2, -0.15) is 25.3 Å². The molecule has 0 amide bonds. The molecule has 0 atom stereocenters. The maximum Gasteiger partial charge on any atom is 0.0832 e. The molecule has 0 aliphatic heterocycles. The van der Waals surface area contributed by atoms with E-state index in [1.165, 1.54) is 0 Å². The minimum atomic E-state index is -0.805. The minimum Gasteiger partial charge on any atom is -0.157 e. The maximum atomic E-state index is 6.14. The molecule has 0 N–H and O–H groups in total. The molecule has 1 rings (SSSR count). The number of halogens is 5. The van der Waals surface area contributed by atoms with E-state index in [2.05, 4.69) is 25.3 Å². The lowest BCUT2D eigenvalue weighted by Gasteiger charge is -2.26. The Bertz CT molecular complexity index is 416. The van der Waals surface area contributed by atoms with Crippen LogP contribution in [0.2, 0.25) is 25.1 Å². The fourth-order valence-electron chi connectivity index (χ4n) is 1.43. The van der Waals surface area contributed by atoms with Crippen molar-refractivity contribution in [3.05, 3.63) is 30.7 Å². The molecule has 0 aromatic heterocycles. The molecule has 0 fully saturated rings. The molecule has 7 heteroatoms. The van der Waals surface area contributed by atoms with Crippen molar-refractivity contribution in [2.75, 3.05) is 0 Å². The van der Waals surface area contributed by atoms with Crippen molar-refractivity contribution in [1.82, 2.24) is 0 Å². The Hall–Kier alpha value is 1.37. The molecule has 0 heterocycles. The van der Waals surface area contributed by atoms with E-state index >= 15 is 0 Å². The number of benzene rings is 1. The quantitative estimate of drug-likeness (QED) is 0.249. The van der Waals surface area contributed by atoms with Crippen molar-refractivity contribution in [2.45, 2.75) is 23.8 Å². The summed E-state index contributed by atoms with van der Waals surface area (Å²) in [7, 11) is 0. The Balaban J connectivity index is 3.54. The third-order valence-corrected chi connectivity index (χ3v) is 5.38. The molecular weight excluding hydrogens is 362 g/mol. The minimum absolute atomic E-state index is 0.140. The lowest BCUT2D eigenvalue weighted by Crippen LogP contribution is -2.12. The van der Waals surface area contributed by atoms with Crippen LogP contribution in [-0.2, 0) is 4.08 Å². The van der Waals surface area contributed by atoms with Gasteiger partial charge in [-0.3, -0.25) is 0 Å². The van der Waals surface area contributed by atoms with Crippen LogP contribution in [0.3, 0.4) is 0 Å². The highest BCUT2D eigenvalue weighted by Crippen LogP contribution is 2.52. The van der Waals surface area contributed by atoms with Gasteiger partial charge in [0, 0.05) is 5.56 Å². The zero-order valence-electron chi connectivity index (χ0n) is 8.70. The van der Waals surface area contributed by atoms with Gasteiger partial charge in [0.2, 0.25) is 0 Å². The average Bonchev–Trinajstić information content (AvgIpc) is 2.23. The van der Waals surface area contributed by atoms with Gasteiger partial charge in [0.25, 0.3) is 0 Å². The second-order valence-corrected chi connectivity index (χ2v) is 7.28. The van der Waals surface area contributed by atoms with E-state index in [0.717, 1.165) is 6.42 Å². The van der Waals surface area contributed by atoms with Gasteiger partial charge in [-0.15, -0.1) is 0 Å². The number of hydrogen-bond donors (Lipinski definition) is 2. The van der Waals surface area contributed by atoms with Crippen molar-refractivity contribution in [2.24, 2.45) is 0 Å². The number of hydrogen-bond acceptors (Lipinski definition) is 2. The monoisotopic (exact) mass is 368 g/mol. The third kappa shape index (κ3) is 3.28. The van der Waals surface area contributed by atoms with Gasteiger partial charge < -0.3 is 0 Å². The molecule has 0 spiro atoms. The molecule has 17 heavy (non-hydrogen) atoms. The van der Waals surface area contributed by atoms with Crippen LogP contribution in [0, 0.1) is 0 Å². The lowest BCUT2D eigenvalue weighted by molar-refractivity contribution is 0.743. The van der Waals surface area contributed by atoms with E-state index < -0.39 is 4.08 Å². The van der Waals surface area contributed by atoms with Gasteiger partial charge in [-0.05, 0) is 6.42 Å². The molecule has 0 aliphatic rings. The van der Waals surface area contributed by atoms with Gasteiger partial charge in [0.05, 0.1) is 29.2 Å². The zero-order chi connectivity index (χ0) is 13.4. The van der Waals surface area contributed by atoms with E-state index in [-0.39, 0.29) is 25.1 Å². The summed E-state index contributed by atoms with van der Waals surface area (Å²) < 4.78 is -0.805. The van der Waals surface area contributed by atoms with E-state index in [0.29, 0.717) is 12.0 Å². The Morgan fingerprint density at radius 3 is 1.53 bits per heavy atom. The molecule has 1 aromatic carbocycles. The topological polar surface area (TPSA) is 0 Å². The van der Waals surface area contributed by atoms with Gasteiger partial charge >= 0.3 is 0 Å². The van der Waals surface area contributed by atoms with Gasteiger partial charge in [-0.1, -0.05) is 71.3 Å². The predicted molar refractivity (Wildman–Crippen MR) is 86.1 cm³/mol. The fourth-order valence-corrected chi connectivity index (χ4v) is 4.05. The van der Waals surface area contributed by atoms with E-state index in [1.54, 1.807) is 0 Å². The summed E-state index contributed by atoms with van der Waals surface area (Å²) in [6, 6.07) is 0. The molecule has 0 bridgehead atoms. The standard InChI is InChI=1S/C10H9Cl5S2/c1-2-3-10(16,17)4-5(11)7(13)9(15)8(14)6(4)12/h16-17H,2-3H2,1H3. The summed E-state index contributed by atoms with van der Waals surface area (Å²) in [5, 5.41) is 0.956. The number of rotatable bonds is 3. The van der Waals surface area contributed by atoms with Crippen LogP contribution < -0.4 is 0 Å². The van der Waals surface area contributed by atoms with Crippen LogP contribution >= 0.6 is 83.3 Å². The van der Waals surface area contributed by atoms with Crippen molar-refractivity contribution in [3.63, 3.8) is 0 Å². The summed E-state index contributed by atoms with van der Waals surface area (Å²) in [5.41, 5.74) is 0.494.